The number of anilines is 1. The van der Waals surface area contributed by atoms with Crippen LogP contribution in [0.25, 0.3) is 11.1 Å². The summed E-state index contributed by atoms with van der Waals surface area (Å²) in [5, 5.41) is 0. The highest BCUT2D eigenvalue weighted by atomic mass is 79.9. The zero-order chi connectivity index (χ0) is 13.1. The summed E-state index contributed by atoms with van der Waals surface area (Å²) in [7, 11) is 0. The molecular weight excluding hydrogens is 306 g/mol. The molecule has 0 N–H and O–H groups in total. The van der Waals surface area contributed by atoms with Gasteiger partial charge in [0.25, 0.3) is 0 Å². The van der Waals surface area contributed by atoms with Gasteiger partial charge in [0.1, 0.15) is 5.82 Å². The summed E-state index contributed by atoms with van der Waals surface area (Å²) in [6, 6.07) is 6.07. The van der Waals surface area contributed by atoms with Crippen LogP contribution < -0.4 is 4.90 Å². The molecule has 0 bridgehead atoms. The lowest BCUT2D eigenvalue weighted by Gasteiger charge is -2.28. The van der Waals surface area contributed by atoms with Crippen molar-refractivity contribution in [2.45, 2.75) is 0 Å². The molecule has 0 unspecified atom stereocenters. The van der Waals surface area contributed by atoms with Gasteiger partial charge in [0, 0.05) is 37.2 Å². The van der Waals surface area contributed by atoms with Crippen LogP contribution >= 0.6 is 15.9 Å². The van der Waals surface area contributed by atoms with Gasteiger partial charge >= 0.3 is 0 Å². The lowest BCUT2D eigenvalue weighted by Crippen LogP contribution is -2.36. The maximum absolute atomic E-state index is 5.36. The highest BCUT2D eigenvalue weighted by Gasteiger charge is 2.15. The molecule has 2 aromatic rings. The number of ether oxygens (including phenoxy) is 1. The van der Waals surface area contributed by atoms with Crippen molar-refractivity contribution >= 4 is 21.7 Å². The molecule has 0 saturated carbocycles. The van der Waals surface area contributed by atoms with Crippen LogP contribution in [-0.2, 0) is 4.74 Å². The lowest BCUT2D eigenvalue weighted by molar-refractivity contribution is 0.122. The fourth-order valence-corrected chi connectivity index (χ4v) is 2.74. The van der Waals surface area contributed by atoms with Gasteiger partial charge in [-0.1, -0.05) is 0 Å². The monoisotopic (exact) mass is 319 g/mol. The molecule has 98 valence electrons. The third-order valence-electron chi connectivity index (χ3n) is 3.15. The van der Waals surface area contributed by atoms with Crippen LogP contribution in [0.2, 0.25) is 0 Å². The highest BCUT2D eigenvalue weighted by Crippen LogP contribution is 2.29. The van der Waals surface area contributed by atoms with E-state index < -0.39 is 0 Å². The number of nitrogens with zero attached hydrogens (tertiary/aromatic N) is 3. The Morgan fingerprint density at radius 2 is 1.84 bits per heavy atom. The summed E-state index contributed by atoms with van der Waals surface area (Å²) in [5.41, 5.74) is 2.21. The normalized spacial score (nSPS) is 15.5. The Kier molecular flexibility index (Phi) is 3.75. The van der Waals surface area contributed by atoms with E-state index in [0.717, 1.165) is 47.7 Å². The summed E-state index contributed by atoms with van der Waals surface area (Å²) in [4.78, 5) is 10.9. The first-order chi connectivity index (χ1) is 9.34. The van der Waals surface area contributed by atoms with Crippen LogP contribution in [0.3, 0.4) is 0 Å². The van der Waals surface area contributed by atoms with Gasteiger partial charge < -0.3 is 9.64 Å². The fourth-order valence-electron chi connectivity index (χ4n) is 2.14. The van der Waals surface area contributed by atoms with Crippen molar-refractivity contribution in [3.8, 4) is 11.1 Å². The number of hydrogen-bond acceptors (Lipinski definition) is 4. The molecule has 0 amide bonds. The van der Waals surface area contributed by atoms with E-state index in [4.69, 9.17) is 4.74 Å². The van der Waals surface area contributed by atoms with Crippen molar-refractivity contribution in [3.05, 3.63) is 41.3 Å². The molecule has 0 aliphatic carbocycles. The molecular formula is C14H14BrN3O. The number of hydrogen-bond donors (Lipinski definition) is 0. The highest BCUT2D eigenvalue weighted by molar-refractivity contribution is 9.10. The number of morpholine rings is 1. The van der Waals surface area contributed by atoms with Gasteiger partial charge in [0.05, 0.1) is 17.7 Å². The number of aromatic nitrogens is 2. The minimum absolute atomic E-state index is 0.764. The smallest absolute Gasteiger partial charge is 0.143 e. The Bertz CT molecular complexity index is 556. The minimum atomic E-state index is 0.764. The van der Waals surface area contributed by atoms with E-state index in [-0.39, 0.29) is 0 Å². The first-order valence-electron chi connectivity index (χ1n) is 6.23. The Morgan fingerprint density at radius 1 is 1.11 bits per heavy atom. The Morgan fingerprint density at radius 3 is 2.53 bits per heavy atom. The van der Waals surface area contributed by atoms with Gasteiger partial charge in [-0.2, -0.15) is 0 Å². The summed E-state index contributed by atoms with van der Waals surface area (Å²) in [6.45, 7) is 3.31. The van der Waals surface area contributed by atoms with Crippen molar-refractivity contribution in [2.75, 3.05) is 31.2 Å². The minimum Gasteiger partial charge on any atom is -0.378 e. The van der Waals surface area contributed by atoms with Crippen molar-refractivity contribution in [3.63, 3.8) is 0 Å². The second kappa shape index (κ2) is 5.67. The SMILES string of the molecule is Brc1cc(-c2ccncc2)cnc1N1CCOCC1. The van der Waals surface area contributed by atoms with Crippen LogP contribution in [0.15, 0.2) is 41.3 Å². The Balaban J connectivity index is 1.89. The van der Waals surface area contributed by atoms with Crippen molar-refractivity contribution in [2.24, 2.45) is 0 Å². The third kappa shape index (κ3) is 2.77. The van der Waals surface area contributed by atoms with Gasteiger partial charge in [-0.3, -0.25) is 4.98 Å². The predicted octanol–water partition coefficient (Wildman–Crippen LogP) is 2.74. The molecule has 3 heterocycles. The van der Waals surface area contributed by atoms with Crippen LogP contribution in [0.1, 0.15) is 0 Å². The summed E-state index contributed by atoms with van der Waals surface area (Å²) in [5.74, 6) is 0.987. The summed E-state index contributed by atoms with van der Waals surface area (Å²) in [6.07, 6.45) is 5.49. The fraction of sp³-hybridized carbons (Fsp3) is 0.286. The number of rotatable bonds is 2. The standard InChI is InChI=1S/C14H14BrN3O/c15-13-9-12(11-1-3-16-4-2-11)10-17-14(13)18-5-7-19-8-6-18/h1-4,9-10H,5-8H2. The largest absolute Gasteiger partial charge is 0.378 e. The molecule has 0 spiro atoms. The number of pyridine rings is 2. The molecule has 0 atom stereocenters. The second-order valence-corrected chi connectivity index (χ2v) is 5.22. The van der Waals surface area contributed by atoms with Crippen LogP contribution in [0, 0.1) is 0 Å². The first-order valence-corrected chi connectivity index (χ1v) is 7.02. The molecule has 1 fully saturated rings. The number of halogens is 1. The lowest BCUT2D eigenvalue weighted by atomic mass is 10.1. The summed E-state index contributed by atoms with van der Waals surface area (Å²) >= 11 is 3.62. The molecule has 1 aliphatic heterocycles. The van der Waals surface area contributed by atoms with E-state index in [1.54, 1.807) is 12.4 Å². The topological polar surface area (TPSA) is 38.2 Å². The average Bonchev–Trinajstić information content (AvgIpc) is 2.49. The Labute approximate surface area is 120 Å². The van der Waals surface area contributed by atoms with Gasteiger partial charge in [-0.25, -0.2) is 4.98 Å². The van der Waals surface area contributed by atoms with Crippen molar-refractivity contribution in [1.29, 1.82) is 0 Å². The van der Waals surface area contributed by atoms with E-state index in [1.807, 2.05) is 18.3 Å². The molecule has 0 radical (unpaired) electrons. The zero-order valence-electron chi connectivity index (χ0n) is 10.4. The molecule has 3 rings (SSSR count). The molecule has 2 aromatic heterocycles. The molecule has 4 nitrogen and oxygen atoms in total. The van der Waals surface area contributed by atoms with E-state index in [1.165, 1.54) is 0 Å². The van der Waals surface area contributed by atoms with Gasteiger partial charge in [0.15, 0.2) is 0 Å². The maximum Gasteiger partial charge on any atom is 0.143 e. The Hall–Kier alpha value is -1.46. The van der Waals surface area contributed by atoms with E-state index in [9.17, 15) is 0 Å². The molecule has 1 aliphatic rings. The quantitative estimate of drug-likeness (QED) is 0.853. The van der Waals surface area contributed by atoms with Gasteiger partial charge in [-0.05, 0) is 39.7 Å². The first kappa shape index (κ1) is 12.6. The zero-order valence-corrected chi connectivity index (χ0v) is 12.0. The van der Waals surface area contributed by atoms with E-state index >= 15 is 0 Å². The second-order valence-electron chi connectivity index (χ2n) is 4.36. The molecule has 1 saturated heterocycles. The van der Waals surface area contributed by atoms with Gasteiger partial charge in [-0.15, -0.1) is 0 Å². The van der Waals surface area contributed by atoms with E-state index in [0.29, 0.717) is 0 Å². The average molecular weight is 320 g/mol. The van der Waals surface area contributed by atoms with Crippen LogP contribution in [-0.4, -0.2) is 36.3 Å². The van der Waals surface area contributed by atoms with Gasteiger partial charge in [0.2, 0.25) is 0 Å². The van der Waals surface area contributed by atoms with Crippen molar-refractivity contribution < 1.29 is 4.74 Å². The maximum atomic E-state index is 5.36. The van der Waals surface area contributed by atoms with Crippen molar-refractivity contribution in [1.82, 2.24) is 9.97 Å². The molecule has 5 heteroatoms. The van der Waals surface area contributed by atoms with Crippen LogP contribution in [0.4, 0.5) is 5.82 Å². The van der Waals surface area contributed by atoms with E-state index in [2.05, 4.69) is 36.9 Å². The third-order valence-corrected chi connectivity index (χ3v) is 3.73. The molecule has 19 heavy (non-hydrogen) atoms. The molecule has 0 aromatic carbocycles. The predicted molar refractivity (Wildman–Crippen MR) is 78.2 cm³/mol. The summed E-state index contributed by atoms with van der Waals surface area (Å²) < 4.78 is 6.38. The van der Waals surface area contributed by atoms with Crippen LogP contribution in [0.5, 0.6) is 0 Å².